The van der Waals surface area contributed by atoms with E-state index in [0.29, 0.717) is 5.95 Å². The van der Waals surface area contributed by atoms with Crippen molar-refractivity contribution >= 4 is 28.4 Å². The van der Waals surface area contributed by atoms with Gasteiger partial charge in [0.2, 0.25) is 0 Å². The van der Waals surface area contributed by atoms with E-state index in [2.05, 4.69) is 32.1 Å². The molecular formula is C19H22N6O2. The van der Waals surface area contributed by atoms with Crippen LogP contribution in [0, 0.1) is 0 Å². The van der Waals surface area contributed by atoms with Crippen LogP contribution in [0.5, 0.6) is 0 Å². The molecule has 140 valence electrons. The molecule has 1 aliphatic rings. The van der Waals surface area contributed by atoms with Crippen LogP contribution in [0.15, 0.2) is 30.6 Å². The van der Waals surface area contributed by atoms with E-state index in [1.165, 1.54) is 42.0 Å². The van der Waals surface area contributed by atoms with Crippen LogP contribution in [0.2, 0.25) is 0 Å². The van der Waals surface area contributed by atoms with Gasteiger partial charge in [-0.1, -0.05) is 0 Å². The van der Waals surface area contributed by atoms with Gasteiger partial charge in [-0.25, -0.2) is 14.5 Å². The molecule has 3 heterocycles. The SMILES string of the molecule is CN(C)c1nc(-n2cc(C(=O)O)cn2)nc2ccc(N3CCCCC3)cc12. The Morgan fingerprint density at radius 1 is 1.15 bits per heavy atom. The Morgan fingerprint density at radius 3 is 2.59 bits per heavy atom. The number of carboxylic acid groups (broad SMARTS) is 1. The van der Waals surface area contributed by atoms with Gasteiger partial charge in [-0.05, 0) is 37.5 Å². The zero-order valence-electron chi connectivity index (χ0n) is 15.5. The average molecular weight is 366 g/mol. The van der Waals surface area contributed by atoms with Gasteiger partial charge in [-0.2, -0.15) is 10.1 Å². The van der Waals surface area contributed by atoms with Gasteiger partial charge in [-0.3, -0.25) is 0 Å². The summed E-state index contributed by atoms with van der Waals surface area (Å²) in [4.78, 5) is 24.7. The minimum atomic E-state index is -1.03. The van der Waals surface area contributed by atoms with E-state index in [1.807, 2.05) is 25.1 Å². The lowest BCUT2D eigenvalue weighted by molar-refractivity contribution is 0.0697. The molecule has 0 atom stereocenters. The van der Waals surface area contributed by atoms with Crippen LogP contribution in [0.3, 0.4) is 0 Å². The fraction of sp³-hybridized carbons (Fsp3) is 0.368. The van der Waals surface area contributed by atoms with Crippen LogP contribution in [0.4, 0.5) is 11.5 Å². The highest BCUT2D eigenvalue weighted by Gasteiger charge is 2.16. The number of aromatic carboxylic acids is 1. The molecule has 2 aromatic heterocycles. The average Bonchev–Trinajstić information content (AvgIpc) is 3.18. The predicted molar refractivity (Wildman–Crippen MR) is 104 cm³/mol. The summed E-state index contributed by atoms with van der Waals surface area (Å²) in [6.07, 6.45) is 6.45. The Kier molecular flexibility index (Phi) is 4.39. The number of hydrogen-bond donors (Lipinski definition) is 1. The summed E-state index contributed by atoms with van der Waals surface area (Å²) < 4.78 is 1.40. The van der Waals surface area contributed by atoms with Crippen LogP contribution in [-0.2, 0) is 0 Å². The molecule has 1 saturated heterocycles. The minimum absolute atomic E-state index is 0.102. The van der Waals surface area contributed by atoms with Crippen LogP contribution < -0.4 is 9.80 Å². The smallest absolute Gasteiger partial charge is 0.338 e. The normalized spacial score (nSPS) is 14.5. The molecule has 8 heteroatoms. The number of carbonyl (C=O) groups is 1. The van der Waals surface area contributed by atoms with Gasteiger partial charge in [-0.15, -0.1) is 0 Å². The lowest BCUT2D eigenvalue weighted by Gasteiger charge is -2.29. The maximum Gasteiger partial charge on any atom is 0.338 e. The van der Waals surface area contributed by atoms with Crippen LogP contribution in [-0.4, -0.2) is 58.0 Å². The molecule has 0 spiro atoms. The molecule has 0 amide bonds. The predicted octanol–water partition coefficient (Wildman–Crippen LogP) is 2.57. The maximum absolute atomic E-state index is 11.1. The van der Waals surface area contributed by atoms with Crippen molar-refractivity contribution in [1.29, 1.82) is 0 Å². The molecular weight excluding hydrogens is 344 g/mol. The fourth-order valence-corrected chi connectivity index (χ4v) is 3.42. The number of aromatic nitrogens is 4. The first-order valence-corrected chi connectivity index (χ1v) is 9.05. The van der Waals surface area contributed by atoms with Crippen LogP contribution in [0.1, 0.15) is 29.6 Å². The Balaban J connectivity index is 1.80. The summed E-state index contributed by atoms with van der Waals surface area (Å²) in [5.74, 6) is 0.103. The van der Waals surface area contributed by atoms with Gasteiger partial charge >= 0.3 is 5.97 Å². The molecule has 0 unspecified atom stereocenters. The molecule has 0 radical (unpaired) electrons. The molecule has 8 nitrogen and oxygen atoms in total. The van der Waals surface area contributed by atoms with E-state index >= 15 is 0 Å². The van der Waals surface area contributed by atoms with Crippen molar-refractivity contribution in [2.24, 2.45) is 0 Å². The van der Waals surface area contributed by atoms with Gasteiger partial charge < -0.3 is 14.9 Å². The van der Waals surface area contributed by atoms with Crippen LogP contribution in [0.25, 0.3) is 16.9 Å². The number of piperidine rings is 1. The summed E-state index contributed by atoms with van der Waals surface area (Å²) in [5, 5.41) is 14.2. The number of rotatable bonds is 4. The van der Waals surface area contributed by atoms with E-state index < -0.39 is 5.97 Å². The second-order valence-corrected chi connectivity index (χ2v) is 6.97. The highest BCUT2D eigenvalue weighted by molar-refractivity contribution is 5.92. The Labute approximate surface area is 157 Å². The summed E-state index contributed by atoms with van der Waals surface area (Å²) in [6.45, 7) is 2.15. The van der Waals surface area contributed by atoms with Gasteiger partial charge in [0.1, 0.15) is 5.82 Å². The molecule has 0 saturated carbocycles. The maximum atomic E-state index is 11.1. The number of hydrogen-bond acceptors (Lipinski definition) is 6. The molecule has 4 rings (SSSR count). The summed E-state index contributed by atoms with van der Waals surface area (Å²) in [7, 11) is 3.87. The van der Waals surface area contributed by atoms with Gasteiger partial charge in [0.15, 0.2) is 0 Å². The molecule has 0 bridgehead atoms. The fourth-order valence-electron chi connectivity index (χ4n) is 3.42. The van der Waals surface area contributed by atoms with Gasteiger partial charge in [0.25, 0.3) is 5.95 Å². The third-order valence-electron chi connectivity index (χ3n) is 4.83. The number of fused-ring (bicyclic) bond motifs is 1. The number of benzene rings is 1. The van der Waals surface area contributed by atoms with Crippen LogP contribution >= 0.6 is 0 Å². The first kappa shape index (κ1) is 17.3. The quantitative estimate of drug-likeness (QED) is 0.759. The first-order chi connectivity index (χ1) is 13.0. The Morgan fingerprint density at radius 2 is 1.93 bits per heavy atom. The molecule has 0 aliphatic carbocycles. The lowest BCUT2D eigenvalue weighted by atomic mass is 10.1. The van der Waals surface area contributed by atoms with Crippen molar-refractivity contribution in [3.05, 3.63) is 36.2 Å². The summed E-state index contributed by atoms with van der Waals surface area (Å²) in [5.41, 5.74) is 2.09. The molecule has 3 aromatic rings. The van der Waals surface area contributed by atoms with Crippen molar-refractivity contribution in [3.8, 4) is 5.95 Å². The highest BCUT2D eigenvalue weighted by Crippen LogP contribution is 2.29. The largest absolute Gasteiger partial charge is 0.478 e. The second-order valence-electron chi connectivity index (χ2n) is 6.97. The van der Waals surface area contributed by atoms with Crippen molar-refractivity contribution in [3.63, 3.8) is 0 Å². The molecule has 1 N–H and O–H groups in total. The number of nitrogens with zero attached hydrogens (tertiary/aromatic N) is 6. The standard InChI is InChI=1S/C19H22N6O2/c1-23(2)17-15-10-14(24-8-4-3-5-9-24)6-7-16(15)21-19(22-17)25-12-13(11-20-25)18(26)27/h6-7,10-12H,3-5,8-9H2,1-2H3,(H,26,27). The Bertz CT molecular complexity index is 991. The zero-order valence-corrected chi connectivity index (χ0v) is 15.5. The van der Waals surface area contributed by atoms with Crippen molar-refractivity contribution in [2.45, 2.75) is 19.3 Å². The second kappa shape index (κ2) is 6.86. The monoisotopic (exact) mass is 366 g/mol. The van der Waals surface area contributed by atoms with E-state index in [9.17, 15) is 4.79 Å². The molecule has 1 aromatic carbocycles. The minimum Gasteiger partial charge on any atom is -0.478 e. The summed E-state index contributed by atoms with van der Waals surface area (Å²) in [6, 6.07) is 6.24. The van der Waals surface area contributed by atoms with Gasteiger partial charge in [0.05, 0.1) is 17.3 Å². The van der Waals surface area contributed by atoms with E-state index in [1.54, 1.807) is 0 Å². The van der Waals surface area contributed by atoms with E-state index in [0.717, 1.165) is 29.8 Å². The third kappa shape index (κ3) is 3.30. The zero-order chi connectivity index (χ0) is 19.0. The van der Waals surface area contributed by atoms with Crippen molar-refractivity contribution < 1.29 is 9.90 Å². The van der Waals surface area contributed by atoms with E-state index in [4.69, 9.17) is 5.11 Å². The first-order valence-electron chi connectivity index (χ1n) is 9.05. The number of carboxylic acids is 1. The van der Waals surface area contributed by atoms with E-state index in [-0.39, 0.29) is 5.56 Å². The van der Waals surface area contributed by atoms with Gasteiger partial charge in [0, 0.05) is 44.5 Å². The Hall–Kier alpha value is -3.16. The topological polar surface area (TPSA) is 87.4 Å². The lowest BCUT2D eigenvalue weighted by Crippen LogP contribution is -2.29. The third-order valence-corrected chi connectivity index (χ3v) is 4.83. The summed E-state index contributed by atoms with van der Waals surface area (Å²) >= 11 is 0. The highest BCUT2D eigenvalue weighted by atomic mass is 16.4. The van der Waals surface area contributed by atoms with Crippen molar-refractivity contribution in [1.82, 2.24) is 19.7 Å². The van der Waals surface area contributed by atoms with Crippen molar-refractivity contribution in [2.75, 3.05) is 37.0 Å². The number of anilines is 2. The molecule has 27 heavy (non-hydrogen) atoms. The molecule has 1 fully saturated rings. The molecule has 1 aliphatic heterocycles.